The summed E-state index contributed by atoms with van der Waals surface area (Å²) in [6.45, 7) is 3.17. The van der Waals surface area contributed by atoms with Crippen molar-refractivity contribution in [1.82, 2.24) is 4.98 Å². The first-order chi connectivity index (χ1) is 22.0. The molecule has 0 bridgehead atoms. The lowest BCUT2D eigenvalue weighted by molar-refractivity contribution is -0.152. The number of hydrogen-bond acceptors (Lipinski definition) is 9. The maximum absolute atomic E-state index is 14.8. The minimum absolute atomic E-state index is 0.00265. The van der Waals surface area contributed by atoms with E-state index in [0.717, 1.165) is 12.1 Å². The smallest absolute Gasteiger partial charge is 0.416 e. The summed E-state index contributed by atoms with van der Waals surface area (Å²) < 4.78 is 57.9. The number of alkyl halides is 3. The van der Waals surface area contributed by atoms with E-state index in [1.54, 1.807) is 50.2 Å². The summed E-state index contributed by atoms with van der Waals surface area (Å²) in [6.07, 6.45) is -1.75. The van der Waals surface area contributed by atoms with Crippen molar-refractivity contribution in [2.45, 2.75) is 38.3 Å². The second-order valence-corrected chi connectivity index (χ2v) is 10.7. The molecule has 0 amide bonds. The fraction of sp³-hybridized carbons (Fsp3) is 0.294. The van der Waals surface area contributed by atoms with Gasteiger partial charge in [0.25, 0.3) is 0 Å². The van der Waals surface area contributed by atoms with Gasteiger partial charge in [-0.15, -0.1) is 0 Å². The van der Waals surface area contributed by atoms with Gasteiger partial charge < -0.3 is 19.9 Å². The molecule has 12 heteroatoms. The molecule has 0 saturated carbocycles. The molecule has 1 aromatic heterocycles. The van der Waals surface area contributed by atoms with Gasteiger partial charge in [0.05, 0.1) is 37.4 Å². The third-order valence-electron chi connectivity index (χ3n) is 8.05. The normalized spacial score (nSPS) is 19.9. The van der Waals surface area contributed by atoms with E-state index in [9.17, 15) is 27.6 Å². The van der Waals surface area contributed by atoms with Crippen molar-refractivity contribution >= 4 is 23.4 Å². The summed E-state index contributed by atoms with van der Waals surface area (Å²) in [5.41, 5.74) is 6.81. The Kier molecular flexibility index (Phi) is 9.17. The van der Waals surface area contributed by atoms with Crippen LogP contribution in [-0.4, -0.2) is 43.0 Å². The van der Waals surface area contributed by atoms with Gasteiger partial charge in [0.2, 0.25) is 0 Å². The highest BCUT2D eigenvalue weighted by Gasteiger charge is 2.51. The SMILES string of the molecule is CCOC(=O)C1=C(N)N(c2cccc(C(F)(F)F)c2)C2=C(C(=O)[C@H](C(=O)OCC)[C@H](c3cccc(OC)c3)C2)[C@@H]1c1cccnc1. The van der Waals surface area contributed by atoms with E-state index in [2.05, 4.69) is 4.98 Å². The number of ether oxygens (including phenoxy) is 3. The van der Waals surface area contributed by atoms with E-state index in [1.165, 1.54) is 36.5 Å². The van der Waals surface area contributed by atoms with Gasteiger partial charge in [-0.25, -0.2) is 4.79 Å². The Morgan fingerprint density at radius 2 is 1.72 bits per heavy atom. The topological polar surface area (TPSA) is 121 Å². The van der Waals surface area contributed by atoms with Crippen LogP contribution in [0.5, 0.6) is 5.75 Å². The molecule has 240 valence electrons. The number of carbonyl (C=O) groups excluding carboxylic acids is 3. The Balaban J connectivity index is 1.84. The number of benzene rings is 2. The van der Waals surface area contributed by atoms with Crippen LogP contribution in [0, 0.1) is 5.92 Å². The average molecular weight is 636 g/mol. The van der Waals surface area contributed by atoms with Crippen LogP contribution in [-0.2, 0) is 30.0 Å². The molecule has 0 saturated heterocycles. The molecular weight excluding hydrogens is 603 g/mol. The van der Waals surface area contributed by atoms with E-state index in [0.29, 0.717) is 16.9 Å². The monoisotopic (exact) mass is 635 g/mol. The van der Waals surface area contributed by atoms with Crippen LogP contribution in [0.4, 0.5) is 18.9 Å². The van der Waals surface area contributed by atoms with Crippen molar-refractivity contribution < 1.29 is 41.8 Å². The van der Waals surface area contributed by atoms with Gasteiger partial charge in [0.15, 0.2) is 5.78 Å². The molecule has 46 heavy (non-hydrogen) atoms. The van der Waals surface area contributed by atoms with E-state index in [4.69, 9.17) is 19.9 Å². The Bertz CT molecular complexity index is 1720. The number of pyridine rings is 1. The van der Waals surface area contributed by atoms with Crippen LogP contribution in [0.25, 0.3) is 0 Å². The molecule has 0 spiro atoms. The number of Topliss-reactive ketones (excluding diaryl/α,β-unsaturated/α-hetero) is 1. The zero-order valence-electron chi connectivity index (χ0n) is 25.3. The Morgan fingerprint density at radius 3 is 2.37 bits per heavy atom. The molecule has 5 rings (SSSR count). The summed E-state index contributed by atoms with van der Waals surface area (Å²) in [5, 5.41) is 0. The highest BCUT2D eigenvalue weighted by Crippen LogP contribution is 2.52. The fourth-order valence-corrected chi connectivity index (χ4v) is 6.12. The number of hydrogen-bond donors (Lipinski definition) is 1. The Hall–Kier alpha value is -5.13. The summed E-state index contributed by atoms with van der Waals surface area (Å²) in [4.78, 5) is 47.5. The van der Waals surface area contributed by atoms with E-state index >= 15 is 0 Å². The zero-order chi connectivity index (χ0) is 33.2. The highest BCUT2D eigenvalue weighted by molar-refractivity contribution is 6.14. The molecule has 2 aliphatic rings. The van der Waals surface area contributed by atoms with Crippen molar-refractivity contribution in [3.05, 3.63) is 112 Å². The van der Waals surface area contributed by atoms with Crippen LogP contribution < -0.4 is 15.4 Å². The van der Waals surface area contributed by atoms with Crippen LogP contribution >= 0.6 is 0 Å². The molecular formula is C34H32F3N3O6. The molecule has 0 radical (unpaired) electrons. The lowest BCUT2D eigenvalue weighted by Gasteiger charge is -2.44. The van der Waals surface area contributed by atoms with Crippen LogP contribution in [0.2, 0.25) is 0 Å². The van der Waals surface area contributed by atoms with E-state index < -0.39 is 47.2 Å². The summed E-state index contributed by atoms with van der Waals surface area (Å²) in [5.74, 6) is -5.35. The van der Waals surface area contributed by atoms with Crippen molar-refractivity contribution in [2.75, 3.05) is 25.2 Å². The molecule has 1 aliphatic heterocycles. The van der Waals surface area contributed by atoms with Gasteiger partial charge in [0, 0.05) is 35.3 Å². The maximum atomic E-state index is 14.8. The van der Waals surface area contributed by atoms with E-state index in [-0.39, 0.29) is 48.0 Å². The molecule has 0 fully saturated rings. The summed E-state index contributed by atoms with van der Waals surface area (Å²) >= 11 is 0. The molecule has 2 heterocycles. The van der Waals surface area contributed by atoms with Gasteiger partial charge in [0.1, 0.15) is 17.5 Å². The zero-order valence-corrected chi connectivity index (χ0v) is 25.3. The molecule has 2 N–H and O–H groups in total. The molecule has 3 atom stereocenters. The standard InChI is InChI=1S/C34H32F3N3O6/c1-4-45-32(42)27-24(19-9-6-13-23(15-19)44-3)17-25-28(30(27)41)26(20-10-8-14-39-18-20)29(33(43)46-5-2)31(38)40(25)22-12-7-11-21(16-22)34(35,36)37/h6-16,18,24,26-27H,4-5,17,38H2,1-3H3/t24-,26-,27+/m0/s1. The lowest BCUT2D eigenvalue weighted by Crippen LogP contribution is -2.46. The first-order valence-corrected chi connectivity index (χ1v) is 14.6. The molecule has 9 nitrogen and oxygen atoms in total. The number of ketones is 1. The number of nitrogens with two attached hydrogens (primary N) is 1. The molecule has 2 aromatic carbocycles. The molecule has 0 unspecified atom stereocenters. The number of nitrogens with zero attached hydrogens (tertiary/aromatic N) is 2. The molecule has 1 aliphatic carbocycles. The largest absolute Gasteiger partial charge is 0.497 e. The second kappa shape index (κ2) is 13.1. The number of rotatable bonds is 8. The van der Waals surface area contributed by atoms with Crippen molar-refractivity contribution in [3.63, 3.8) is 0 Å². The minimum atomic E-state index is -4.69. The third-order valence-corrected chi connectivity index (χ3v) is 8.05. The quantitative estimate of drug-likeness (QED) is 0.248. The maximum Gasteiger partial charge on any atom is 0.416 e. The van der Waals surface area contributed by atoms with Gasteiger partial charge in [-0.1, -0.05) is 24.3 Å². The van der Waals surface area contributed by atoms with Crippen molar-refractivity contribution in [3.8, 4) is 5.75 Å². The second-order valence-electron chi connectivity index (χ2n) is 10.7. The van der Waals surface area contributed by atoms with E-state index in [1.807, 2.05) is 0 Å². The van der Waals surface area contributed by atoms with Gasteiger partial charge in [-0.3, -0.25) is 19.5 Å². The number of methoxy groups -OCH3 is 1. The Morgan fingerprint density at radius 1 is 1.00 bits per heavy atom. The number of halogens is 3. The third kappa shape index (κ3) is 5.94. The number of anilines is 1. The van der Waals surface area contributed by atoms with Crippen LogP contribution in [0.1, 0.15) is 48.8 Å². The number of aromatic nitrogens is 1. The lowest BCUT2D eigenvalue weighted by atomic mass is 9.67. The molecule has 3 aromatic rings. The summed E-state index contributed by atoms with van der Waals surface area (Å²) in [6, 6.07) is 14.5. The highest BCUT2D eigenvalue weighted by atomic mass is 19.4. The predicted molar refractivity (Wildman–Crippen MR) is 161 cm³/mol. The van der Waals surface area contributed by atoms with Crippen molar-refractivity contribution in [1.29, 1.82) is 0 Å². The minimum Gasteiger partial charge on any atom is -0.497 e. The van der Waals surface area contributed by atoms with Crippen molar-refractivity contribution in [2.24, 2.45) is 11.7 Å². The number of allylic oxidation sites excluding steroid dienone is 2. The van der Waals surface area contributed by atoms with Gasteiger partial charge >= 0.3 is 18.1 Å². The number of esters is 2. The predicted octanol–water partition coefficient (Wildman–Crippen LogP) is 5.64. The average Bonchev–Trinajstić information content (AvgIpc) is 3.04. The van der Waals surface area contributed by atoms with Crippen LogP contribution in [0.15, 0.2) is 95.7 Å². The first kappa shape index (κ1) is 32.3. The summed E-state index contributed by atoms with van der Waals surface area (Å²) in [7, 11) is 1.48. The fourth-order valence-electron chi connectivity index (χ4n) is 6.12. The van der Waals surface area contributed by atoms with Crippen LogP contribution in [0.3, 0.4) is 0 Å². The first-order valence-electron chi connectivity index (χ1n) is 14.6. The van der Waals surface area contributed by atoms with Gasteiger partial charge in [-0.2, -0.15) is 13.2 Å². The number of carbonyl (C=O) groups is 3. The Labute approximate surface area is 263 Å². The van der Waals surface area contributed by atoms with Gasteiger partial charge in [-0.05, 0) is 67.8 Å².